The molecule has 0 aliphatic rings. The van der Waals surface area contributed by atoms with Gasteiger partial charge >= 0.3 is 17.9 Å². The first-order valence-corrected chi connectivity index (χ1v) is 34.6. The summed E-state index contributed by atoms with van der Waals surface area (Å²) in [5.41, 5.74) is 0. The standard InChI is InChI=1S/C72H132O6/c1-4-7-10-13-16-19-22-25-28-31-33-35-37-38-41-44-47-50-53-56-59-62-65-71(74)77-68-69(67-76-70(73)64-61-58-55-52-49-46-43-40-30-27-24-21-18-15-12-9-6-3)78-72(75)66-63-60-57-54-51-48-45-42-39-36-34-32-29-26-23-20-17-14-11-8-5-2/h18,21,23,26-27,30,32,34,69H,4-17,19-20,22,24-25,28-29,31,33,35-68H2,1-3H3/b21-18-,26-23-,30-27-,34-32-. The molecule has 78 heavy (non-hydrogen) atoms. The Labute approximate surface area is 486 Å². The fourth-order valence-corrected chi connectivity index (χ4v) is 10.3. The van der Waals surface area contributed by atoms with Gasteiger partial charge in [0.15, 0.2) is 6.10 Å². The van der Waals surface area contributed by atoms with Gasteiger partial charge in [0, 0.05) is 19.3 Å². The Hall–Kier alpha value is -2.63. The molecule has 0 bridgehead atoms. The SMILES string of the molecule is CCCCC/C=C\C/C=C\CCCCCCCCCC(=O)OCC(COC(=O)CCCCCCCCCCCCCCCCCCCCCCCC)OC(=O)CCCCCCCCCCC/C=C\C/C=C\CCCCCCC. The van der Waals surface area contributed by atoms with Gasteiger partial charge in [-0.05, 0) is 83.5 Å². The number of esters is 3. The van der Waals surface area contributed by atoms with Crippen molar-refractivity contribution in [1.82, 2.24) is 0 Å². The van der Waals surface area contributed by atoms with Crippen LogP contribution >= 0.6 is 0 Å². The quantitative estimate of drug-likeness (QED) is 0.0261. The molecule has 0 saturated carbocycles. The lowest BCUT2D eigenvalue weighted by Crippen LogP contribution is -2.30. The number of unbranched alkanes of at least 4 members (excludes halogenated alkanes) is 45. The average molecular weight is 1090 g/mol. The van der Waals surface area contributed by atoms with Crippen molar-refractivity contribution in [3.05, 3.63) is 48.6 Å². The second-order valence-electron chi connectivity index (χ2n) is 23.4. The molecule has 0 aromatic carbocycles. The Bertz CT molecular complexity index is 1350. The van der Waals surface area contributed by atoms with E-state index < -0.39 is 6.10 Å². The third-order valence-corrected chi connectivity index (χ3v) is 15.6. The molecule has 6 nitrogen and oxygen atoms in total. The molecule has 1 atom stereocenters. The minimum Gasteiger partial charge on any atom is -0.462 e. The molecule has 0 spiro atoms. The second kappa shape index (κ2) is 66.9. The van der Waals surface area contributed by atoms with Crippen molar-refractivity contribution in [3.63, 3.8) is 0 Å². The highest BCUT2D eigenvalue weighted by Gasteiger charge is 2.19. The van der Waals surface area contributed by atoms with E-state index in [1.807, 2.05) is 0 Å². The van der Waals surface area contributed by atoms with Crippen LogP contribution in [0.15, 0.2) is 48.6 Å². The minimum atomic E-state index is -0.779. The van der Waals surface area contributed by atoms with Crippen LogP contribution in [0.25, 0.3) is 0 Å². The van der Waals surface area contributed by atoms with Crippen molar-refractivity contribution in [2.24, 2.45) is 0 Å². The zero-order valence-electron chi connectivity index (χ0n) is 52.5. The molecule has 0 fully saturated rings. The van der Waals surface area contributed by atoms with Crippen LogP contribution in [0.5, 0.6) is 0 Å². The monoisotopic (exact) mass is 1090 g/mol. The molecule has 1 unspecified atom stereocenters. The van der Waals surface area contributed by atoms with Crippen molar-refractivity contribution >= 4 is 17.9 Å². The van der Waals surface area contributed by atoms with Crippen molar-refractivity contribution in [3.8, 4) is 0 Å². The van der Waals surface area contributed by atoms with E-state index in [0.717, 1.165) is 77.0 Å². The summed E-state index contributed by atoms with van der Waals surface area (Å²) in [6, 6.07) is 0. The van der Waals surface area contributed by atoms with Gasteiger partial charge in [0.2, 0.25) is 0 Å². The van der Waals surface area contributed by atoms with Gasteiger partial charge in [0.25, 0.3) is 0 Å². The lowest BCUT2D eigenvalue weighted by atomic mass is 10.0. The van der Waals surface area contributed by atoms with Crippen LogP contribution < -0.4 is 0 Å². The zero-order chi connectivity index (χ0) is 56.4. The molecule has 0 aliphatic carbocycles. The lowest BCUT2D eigenvalue weighted by molar-refractivity contribution is -0.167. The zero-order valence-corrected chi connectivity index (χ0v) is 52.5. The Kier molecular flexibility index (Phi) is 64.6. The fraction of sp³-hybridized carbons (Fsp3) is 0.847. The van der Waals surface area contributed by atoms with Crippen molar-refractivity contribution in [1.29, 1.82) is 0 Å². The average Bonchev–Trinajstić information content (AvgIpc) is 3.44. The van der Waals surface area contributed by atoms with E-state index in [4.69, 9.17) is 14.2 Å². The molecule has 0 radical (unpaired) electrons. The maximum Gasteiger partial charge on any atom is 0.306 e. The Morgan fingerprint density at radius 2 is 0.462 bits per heavy atom. The molecule has 0 aromatic rings. The van der Waals surface area contributed by atoms with E-state index in [1.165, 1.54) is 257 Å². The van der Waals surface area contributed by atoms with Crippen molar-refractivity contribution in [2.45, 2.75) is 380 Å². The van der Waals surface area contributed by atoms with Gasteiger partial charge in [-0.3, -0.25) is 14.4 Å². The third kappa shape index (κ3) is 64.2. The number of ether oxygens (including phenoxy) is 3. The highest BCUT2D eigenvalue weighted by molar-refractivity contribution is 5.71. The van der Waals surface area contributed by atoms with Crippen molar-refractivity contribution < 1.29 is 28.6 Å². The summed E-state index contributed by atoms with van der Waals surface area (Å²) in [7, 11) is 0. The number of hydrogen-bond acceptors (Lipinski definition) is 6. The minimum absolute atomic E-state index is 0.0733. The normalized spacial score (nSPS) is 12.3. The topological polar surface area (TPSA) is 78.9 Å². The molecule has 0 heterocycles. The van der Waals surface area contributed by atoms with Gasteiger partial charge in [-0.2, -0.15) is 0 Å². The predicted molar refractivity (Wildman–Crippen MR) is 339 cm³/mol. The third-order valence-electron chi connectivity index (χ3n) is 15.6. The van der Waals surface area contributed by atoms with E-state index >= 15 is 0 Å². The predicted octanol–water partition coefficient (Wildman–Crippen LogP) is 23.7. The summed E-state index contributed by atoms with van der Waals surface area (Å²) in [6.07, 6.45) is 84.1. The van der Waals surface area contributed by atoms with Gasteiger partial charge in [-0.25, -0.2) is 0 Å². The highest BCUT2D eigenvalue weighted by atomic mass is 16.6. The molecule has 0 N–H and O–H groups in total. The summed E-state index contributed by atoms with van der Waals surface area (Å²) in [4.78, 5) is 38.4. The van der Waals surface area contributed by atoms with Gasteiger partial charge in [0.1, 0.15) is 13.2 Å². The summed E-state index contributed by atoms with van der Waals surface area (Å²) >= 11 is 0. The smallest absolute Gasteiger partial charge is 0.306 e. The molecular weight excluding hydrogens is 961 g/mol. The number of carbonyl (C=O) groups is 3. The first kappa shape index (κ1) is 75.4. The first-order chi connectivity index (χ1) is 38.5. The van der Waals surface area contributed by atoms with E-state index in [1.54, 1.807) is 0 Å². The Morgan fingerprint density at radius 3 is 0.731 bits per heavy atom. The Morgan fingerprint density at radius 1 is 0.256 bits per heavy atom. The van der Waals surface area contributed by atoms with E-state index in [0.29, 0.717) is 19.3 Å². The molecule has 6 heteroatoms. The number of rotatable bonds is 64. The van der Waals surface area contributed by atoms with Gasteiger partial charge in [-0.15, -0.1) is 0 Å². The summed E-state index contributed by atoms with van der Waals surface area (Å²) in [6.45, 7) is 6.66. The summed E-state index contributed by atoms with van der Waals surface area (Å²) in [5, 5.41) is 0. The molecule has 0 aliphatic heterocycles. The lowest BCUT2D eigenvalue weighted by Gasteiger charge is -2.18. The Balaban J connectivity index is 4.33. The number of hydrogen-bond donors (Lipinski definition) is 0. The molecule has 0 rings (SSSR count). The van der Waals surface area contributed by atoms with Crippen LogP contribution in [0, 0.1) is 0 Å². The summed E-state index contributed by atoms with van der Waals surface area (Å²) < 4.78 is 17.0. The van der Waals surface area contributed by atoms with Crippen LogP contribution in [0.4, 0.5) is 0 Å². The molecular formula is C72H132O6. The number of allylic oxidation sites excluding steroid dienone is 8. The maximum absolute atomic E-state index is 13.0. The molecule has 0 aromatic heterocycles. The summed E-state index contributed by atoms with van der Waals surface area (Å²) in [5.74, 6) is -0.860. The highest BCUT2D eigenvalue weighted by Crippen LogP contribution is 2.18. The van der Waals surface area contributed by atoms with E-state index in [9.17, 15) is 14.4 Å². The molecule has 0 saturated heterocycles. The van der Waals surface area contributed by atoms with E-state index in [2.05, 4.69) is 69.4 Å². The second-order valence-corrected chi connectivity index (χ2v) is 23.4. The van der Waals surface area contributed by atoms with E-state index in [-0.39, 0.29) is 31.1 Å². The van der Waals surface area contributed by atoms with Gasteiger partial charge in [0.05, 0.1) is 0 Å². The fourth-order valence-electron chi connectivity index (χ4n) is 10.3. The molecule has 0 amide bonds. The maximum atomic E-state index is 13.0. The van der Waals surface area contributed by atoms with Gasteiger partial charge < -0.3 is 14.2 Å². The molecule has 456 valence electrons. The largest absolute Gasteiger partial charge is 0.462 e. The first-order valence-electron chi connectivity index (χ1n) is 34.6. The van der Waals surface area contributed by atoms with Crippen LogP contribution in [0.2, 0.25) is 0 Å². The van der Waals surface area contributed by atoms with Gasteiger partial charge in [-0.1, -0.05) is 320 Å². The van der Waals surface area contributed by atoms with Crippen LogP contribution in [0.1, 0.15) is 374 Å². The number of carbonyl (C=O) groups excluding carboxylic acids is 3. The van der Waals surface area contributed by atoms with Crippen LogP contribution in [0.3, 0.4) is 0 Å². The van der Waals surface area contributed by atoms with Crippen LogP contribution in [-0.2, 0) is 28.6 Å². The van der Waals surface area contributed by atoms with Crippen LogP contribution in [-0.4, -0.2) is 37.2 Å². The van der Waals surface area contributed by atoms with Crippen molar-refractivity contribution in [2.75, 3.05) is 13.2 Å².